The molecule has 3 rings (SSSR count). The Kier molecular flexibility index (Phi) is 5.94. The highest BCUT2D eigenvalue weighted by molar-refractivity contribution is 5.93. The Hall–Kier alpha value is -3.48. The van der Waals surface area contributed by atoms with Gasteiger partial charge in [-0.1, -0.05) is 30.3 Å². The Bertz CT molecular complexity index is 899. The van der Waals surface area contributed by atoms with Crippen LogP contribution in [0.1, 0.15) is 21.5 Å². The third-order valence-electron chi connectivity index (χ3n) is 3.91. The molecular formula is C20H19FN4O2. The first-order chi connectivity index (χ1) is 13.2. The number of methoxy groups -OCH3 is 1. The lowest BCUT2D eigenvalue weighted by Crippen LogP contribution is -2.23. The average Bonchev–Trinajstić information content (AvgIpc) is 2.72. The fraction of sp³-hybridized carbons (Fsp3) is 0.150. The first-order valence-corrected chi connectivity index (χ1v) is 8.36. The molecule has 6 nitrogen and oxygen atoms in total. The zero-order valence-corrected chi connectivity index (χ0v) is 14.8. The lowest BCUT2D eigenvalue weighted by Gasteiger charge is -2.09. The number of ether oxygens (including phenoxy) is 1. The van der Waals surface area contributed by atoms with Crippen molar-refractivity contribution in [3.63, 3.8) is 0 Å². The maximum Gasteiger partial charge on any atom is 0.254 e. The molecule has 0 fully saturated rings. The van der Waals surface area contributed by atoms with E-state index in [0.29, 0.717) is 24.6 Å². The molecule has 0 radical (unpaired) electrons. The van der Waals surface area contributed by atoms with Crippen molar-refractivity contribution in [2.24, 2.45) is 0 Å². The second-order valence-corrected chi connectivity index (χ2v) is 5.77. The van der Waals surface area contributed by atoms with Crippen LogP contribution < -0.4 is 15.4 Å². The summed E-state index contributed by atoms with van der Waals surface area (Å²) in [6.45, 7) is 0.799. The quantitative estimate of drug-likeness (QED) is 0.672. The molecule has 1 amide bonds. The van der Waals surface area contributed by atoms with Gasteiger partial charge in [-0.2, -0.15) is 0 Å². The lowest BCUT2D eigenvalue weighted by molar-refractivity contribution is 0.0950. The number of nitrogens with zero attached hydrogens (tertiary/aromatic N) is 2. The number of anilines is 1. The zero-order valence-electron chi connectivity index (χ0n) is 14.8. The van der Waals surface area contributed by atoms with Crippen LogP contribution in [0.5, 0.6) is 5.75 Å². The molecule has 0 saturated heterocycles. The lowest BCUT2D eigenvalue weighted by atomic mass is 10.2. The topological polar surface area (TPSA) is 76.1 Å². The molecule has 27 heavy (non-hydrogen) atoms. The van der Waals surface area contributed by atoms with Gasteiger partial charge < -0.3 is 15.4 Å². The number of rotatable bonds is 7. The summed E-state index contributed by atoms with van der Waals surface area (Å²) in [4.78, 5) is 20.5. The van der Waals surface area contributed by atoms with Crippen LogP contribution in [0, 0.1) is 5.82 Å². The monoisotopic (exact) mass is 366 g/mol. The molecule has 7 heteroatoms. The number of hydrogen-bond donors (Lipinski definition) is 2. The normalized spacial score (nSPS) is 10.3. The number of carbonyl (C=O) groups is 1. The van der Waals surface area contributed by atoms with Gasteiger partial charge in [-0.25, -0.2) is 14.4 Å². The predicted octanol–water partition coefficient (Wildman–Crippen LogP) is 3.17. The Labute approximate surface area is 156 Å². The number of aromatic nitrogens is 2. The van der Waals surface area contributed by atoms with Crippen LogP contribution >= 0.6 is 0 Å². The maximum absolute atomic E-state index is 12.9. The van der Waals surface area contributed by atoms with Crippen molar-refractivity contribution in [2.75, 3.05) is 12.4 Å². The Morgan fingerprint density at radius 2 is 1.74 bits per heavy atom. The third-order valence-corrected chi connectivity index (χ3v) is 3.91. The van der Waals surface area contributed by atoms with E-state index in [1.54, 1.807) is 19.2 Å². The Balaban J connectivity index is 1.54. The van der Waals surface area contributed by atoms with Crippen molar-refractivity contribution in [1.82, 2.24) is 15.3 Å². The number of benzene rings is 2. The van der Waals surface area contributed by atoms with Crippen LogP contribution in [0.4, 0.5) is 10.3 Å². The fourth-order valence-electron chi connectivity index (χ4n) is 2.45. The predicted molar refractivity (Wildman–Crippen MR) is 99.9 cm³/mol. The average molecular weight is 366 g/mol. The minimum absolute atomic E-state index is 0.272. The number of carbonyl (C=O) groups excluding carboxylic acids is 1. The molecule has 0 atom stereocenters. The van der Waals surface area contributed by atoms with Crippen molar-refractivity contribution in [2.45, 2.75) is 13.1 Å². The second kappa shape index (κ2) is 8.75. The van der Waals surface area contributed by atoms with E-state index < -0.39 is 0 Å². The zero-order chi connectivity index (χ0) is 19.1. The smallest absolute Gasteiger partial charge is 0.254 e. The highest BCUT2D eigenvalue weighted by atomic mass is 19.1. The molecule has 1 aromatic heterocycles. The highest BCUT2D eigenvalue weighted by Gasteiger charge is 2.09. The van der Waals surface area contributed by atoms with Crippen molar-refractivity contribution >= 4 is 11.9 Å². The highest BCUT2D eigenvalue weighted by Crippen LogP contribution is 2.16. The first-order valence-electron chi connectivity index (χ1n) is 8.36. The molecule has 0 aliphatic heterocycles. The SMILES string of the molecule is COc1ccccc1CNC(=O)c1cnc(NCc2ccc(F)cc2)nc1. The van der Waals surface area contributed by atoms with Crippen LogP contribution in [0.15, 0.2) is 60.9 Å². The van der Waals surface area contributed by atoms with Crippen LogP contribution in [0.3, 0.4) is 0 Å². The molecule has 1 heterocycles. The summed E-state index contributed by atoms with van der Waals surface area (Å²) in [7, 11) is 1.59. The van der Waals surface area contributed by atoms with Gasteiger partial charge in [-0.15, -0.1) is 0 Å². The van der Waals surface area contributed by atoms with Gasteiger partial charge in [0.1, 0.15) is 11.6 Å². The summed E-state index contributed by atoms with van der Waals surface area (Å²) >= 11 is 0. The van der Waals surface area contributed by atoms with Gasteiger partial charge in [0.25, 0.3) is 5.91 Å². The largest absolute Gasteiger partial charge is 0.496 e. The summed E-state index contributed by atoms with van der Waals surface area (Å²) in [6.07, 6.45) is 2.91. The van der Waals surface area contributed by atoms with Crippen LogP contribution in [0.2, 0.25) is 0 Å². The van der Waals surface area contributed by atoms with E-state index in [-0.39, 0.29) is 11.7 Å². The van der Waals surface area contributed by atoms with E-state index in [1.165, 1.54) is 24.5 Å². The number of halogens is 1. The van der Waals surface area contributed by atoms with Gasteiger partial charge in [0.15, 0.2) is 0 Å². The van der Waals surface area contributed by atoms with E-state index in [4.69, 9.17) is 4.74 Å². The molecule has 0 spiro atoms. The van der Waals surface area contributed by atoms with Gasteiger partial charge in [0.2, 0.25) is 5.95 Å². The molecule has 2 aromatic carbocycles. The Morgan fingerprint density at radius 3 is 2.44 bits per heavy atom. The molecule has 3 aromatic rings. The minimum atomic E-state index is -0.279. The van der Waals surface area contributed by atoms with Crippen molar-refractivity contribution in [3.8, 4) is 5.75 Å². The summed E-state index contributed by atoms with van der Waals surface area (Å²) in [5, 5.41) is 5.84. The summed E-state index contributed by atoms with van der Waals surface area (Å²) in [5.41, 5.74) is 2.14. The fourth-order valence-corrected chi connectivity index (χ4v) is 2.45. The second-order valence-electron chi connectivity index (χ2n) is 5.77. The summed E-state index contributed by atoms with van der Waals surface area (Å²) < 4.78 is 18.2. The summed E-state index contributed by atoms with van der Waals surface area (Å²) in [5.74, 6) is 0.555. The van der Waals surface area contributed by atoms with Crippen LogP contribution in [-0.4, -0.2) is 23.0 Å². The van der Waals surface area contributed by atoms with Crippen molar-refractivity contribution in [1.29, 1.82) is 0 Å². The molecule has 0 saturated carbocycles. The number of amides is 1. The van der Waals surface area contributed by atoms with Crippen LogP contribution in [-0.2, 0) is 13.1 Å². The van der Waals surface area contributed by atoms with E-state index in [0.717, 1.165) is 16.9 Å². The minimum Gasteiger partial charge on any atom is -0.496 e. The standard InChI is InChI=1S/C20H19FN4O2/c1-27-18-5-3-2-4-15(18)11-22-19(26)16-12-24-20(25-13-16)23-10-14-6-8-17(21)9-7-14/h2-9,12-13H,10-11H2,1H3,(H,22,26)(H,23,24,25). The number of para-hydroxylation sites is 1. The third kappa shape index (κ3) is 5.01. The van der Waals surface area contributed by atoms with Crippen LogP contribution in [0.25, 0.3) is 0 Å². The molecule has 0 aliphatic rings. The van der Waals surface area contributed by atoms with E-state index >= 15 is 0 Å². The van der Waals surface area contributed by atoms with Gasteiger partial charge in [0, 0.05) is 31.0 Å². The maximum atomic E-state index is 12.9. The van der Waals surface area contributed by atoms with Gasteiger partial charge in [-0.3, -0.25) is 4.79 Å². The summed E-state index contributed by atoms with van der Waals surface area (Å²) in [6, 6.07) is 13.6. The van der Waals surface area contributed by atoms with Crippen molar-refractivity contribution < 1.29 is 13.9 Å². The van der Waals surface area contributed by atoms with Gasteiger partial charge in [-0.05, 0) is 23.8 Å². The van der Waals surface area contributed by atoms with E-state index in [1.807, 2.05) is 24.3 Å². The van der Waals surface area contributed by atoms with E-state index in [2.05, 4.69) is 20.6 Å². The van der Waals surface area contributed by atoms with E-state index in [9.17, 15) is 9.18 Å². The molecule has 0 unspecified atom stereocenters. The van der Waals surface area contributed by atoms with Gasteiger partial charge >= 0.3 is 0 Å². The number of hydrogen-bond acceptors (Lipinski definition) is 5. The molecule has 0 bridgehead atoms. The molecule has 0 aliphatic carbocycles. The molecule has 138 valence electrons. The molecular weight excluding hydrogens is 347 g/mol. The molecule has 2 N–H and O–H groups in total. The Morgan fingerprint density at radius 1 is 1.04 bits per heavy atom. The number of nitrogens with one attached hydrogen (secondary N) is 2. The first kappa shape index (κ1) is 18.3. The van der Waals surface area contributed by atoms with Gasteiger partial charge in [0.05, 0.1) is 12.7 Å². The van der Waals surface area contributed by atoms with Crippen molar-refractivity contribution in [3.05, 3.63) is 83.4 Å².